The van der Waals surface area contributed by atoms with Crippen LogP contribution < -0.4 is 18.9 Å². The summed E-state index contributed by atoms with van der Waals surface area (Å²) in [6.45, 7) is 1.30. The van der Waals surface area contributed by atoms with Crippen LogP contribution in [-0.2, 0) is 10.3 Å². The van der Waals surface area contributed by atoms with Crippen LogP contribution in [0.3, 0.4) is 0 Å². The van der Waals surface area contributed by atoms with Gasteiger partial charge in [-0.25, -0.2) is 0 Å². The fourth-order valence-corrected chi connectivity index (χ4v) is 4.37. The number of amides is 1. The molecule has 1 atom stereocenters. The highest BCUT2D eigenvalue weighted by Crippen LogP contribution is 2.52. The molecule has 0 N–H and O–H groups in total. The monoisotopic (exact) mass is 423 g/mol. The summed E-state index contributed by atoms with van der Waals surface area (Å²) >= 11 is 0. The number of hydrogen-bond acceptors (Lipinski definition) is 7. The summed E-state index contributed by atoms with van der Waals surface area (Å²) in [7, 11) is 5.79. The quantitative estimate of drug-likeness (QED) is 0.699. The van der Waals surface area contributed by atoms with Gasteiger partial charge < -0.3 is 18.9 Å². The van der Waals surface area contributed by atoms with E-state index in [9.17, 15) is 14.4 Å². The largest absolute Gasteiger partial charge is 0.493 e. The van der Waals surface area contributed by atoms with Crippen LogP contribution >= 0.6 is 0 Å². The molecular weight excluding hydrogens is 402 g/mol. The van der Waals surface area contributed by atoms with E-state index in [1.807, 2.05) is 0 Å². The molecule has 1 heterocycles. The van der Waals surface area contributed by atoms with Crippen LogP contribution in [0.4, 0.5) is 0 Å². The number of benzene rings is 2. The van der Waals surface area contributed by atoms with Crippen molar-refractivity contribution in [2.45, 2.75) is 12.5 Å². The van der Waals surface area contributed by atoms with E-state index in [4.69, 9.17) is 18.9 Å². The van der Waals surface area contributed by atoms with Gasteiger partial charge in [-0.05, 0) is 35.9 Å². The number of ketones is 2. The van der Waals surface area contributed by atoms with Crippen LogP contribution in [0.1, 0.15) is 38.8 Å². The second-order valence-corrected chi connectivity index (χ2v) is 7.09. The van der Waals surface area contributed by atoms with E-state index in [1.165, 1.54) is 47.6 Å². The number of carbonyl (C=O) groups is 3. The maximum Gasteiger partial charge on any atom is 0.224 e. The average molecular weight is 423 g/mol. The van der Waals surface area contributed by atoms with E-state index in [-0.39, 0.29) is 16.9 Å². The van der Waals surface area contributed by atoms with Crippen molar-refractivity contribution in [3.05, 3.63) is 52.7 Å². The molecule has 160 valence electrons. The summed E-state index contributed by atoms with van der Waals surface area (Å²) in [6, 6.07) is 6.32. The third kappa shape index (κ3) is 2.51. The van der Waals surface area contributed by atoms with Gasteiger partial charge in [-0.2, -0.15) is 0 Å². The topological polar surface area (TPSA) is 91.4 Å². The van der Waals surface area contributed by atoms with Gasteiger partial charge in [-0.15, -0.1) is 0 Å². The van der Waals surface area contributed by atoms with Crippen LogP contribution in [0.2, 0.25) is 0 Å². The predicted molar refractivity (Wildman–Crippen MR) is 111 cm³/mol. The molecule has 0 aromatic heterocycles. The molecule has 1 spiro atoms. The van der Waals surface area contributed by atoms with Crippen molar-refractivity contribution in [2.75, 3.05) is 28.4 Å². The molecular formula is C23H21NO7. The molecule has 4 rings (SSSR count). The zero-order chi connectivity index (χ0) is 22.5. The van der Waals surface area contributed by atoms with Crippen LogP contribution in [0, 0.1) is 0 Å². The summed E-state index contributed by atoms with van der Waals surface area (Å²) < 4.78 is 21.5. The number of hydrogen-bond donors (Lipinski definition) is 0. The number of carbonyl (C=O) groups excluding carboxylic acids is 3. The number of fused-ring (bicyclic) bond motifs is 3. The Hall–Kier alpha value is -3.81. The Morgan fingerprint density at radius 2 is 1.52 bits per heavy atom. The van der Waals surface area contributed by atoms with Gasteiger partial charge in [0.25, 0.3) is 0 Å². The van der Waals surface area contributed by atoms with E-state index in [0.29, 0.717) is 28.4 Å². The van der Waals surface area contributed by atoms with Gasteiger partial charge in [0.2, 0.25) is 17.5 Å². The van der Waals surface area contributed by atoms with Gasteiger partial charge in [0.1, 0.15) is 0 Å². The van der Waals surface area contributed by atoms with Gasteiger partial charge in [-0.1, -0.05) is 0 Å². The summed E-state index contributed by atoms with van der Waals surface area (Å²) in [5.74, 6) is -0.328. The van der Waals surface area contributed by atoms with Crippen LogP contribution in [-0.4, -0.2) is 50.8 Å². The first-order valence-corrected chi connectivity index (χ1v) is 9.45. The van der Waals surface area contributed by atoms with E-state index in [1.54, 1.807) is 24.3 Å². The Kier molecular flexibility index (Phi) is 4.72. The number of nitrogens with zero attached hydrogens (tertiary/aromatic N) is 1. The van der Waals surface area contributed by atoms with Crippen molar-refractivity contribution < 1.29 is 33.3 Å². The Bertz CT molecular complexity index is 1170. The van der Waals surface area contributed by atoms with E-state index in [2.05, 4.69) is 0 Å². The van der Waals surface area contributed by atoms with Crippen molar-refractivity contribution in [3.8, 4) is 23.0 Å². The lowest BCUT2D eigenvalue weighted by Gasteiger charge is -2.39. The van der Waals surface area contributed by atoms with Crippen molar-refractivity contribution in [1.29, 1.82) is 0 Å². The summed E-state index contributed by atoms with van der Waals surface area (Å²) in [5.41, 5.74) is -0.790. The second kappa shape index (κ2) is 7.16. The lowest BCUT2D eigenvalue weighted by atomic mass is 9.78. The van der Waals surface area contributed by atoms with Crippen LogP contribution in [0.15, 0.2) is 30.5 Å². The molecule has 1 amide bonds. The molecule has 8 heteroatoms. The highest BCUT2D eigenvalue weighted by molar-refractivity contribution is 6.35. The van der Waals surface area contributed by atoms with Gasteiger partial charge >= 0.3 is 0 Å². The van der Waals surface area contributed by atoms with Crippen molar-refractivity contribution in [1.82, 2.24) is 4.90 Å². The molecule has 31 heavy (non-hydrogen) atoms. The molecule has 8 nitrogen and oxygen atoms in total. The Balaban J connectivity index is 2.09. The number of Topliss-reactive ketones (excluding diaryl/α,β-unsaturated/α-hetero) is 2. The minimum atomic E-state index is -1.92. The summed E-state index contributed by atoms with van der Waals surface area (Å²) in [6.07, 6.45) is 3.10. The zero-order valence-corrected chi connectivity index (χ0v) is 17.8. The first-order chi connectivity index (χ1) is 14.9. The number of rotatable bonds is 4. The molecule has 0 bridgehead atoms. The molecule has 2 aromatic rings. The molecule has 0 radical (unpaired) electrons. The van der Waals surface area contributed by atoms with Crippen molar-refractivity contribution in [3.63, 3.8) is 0 Å². The third-order valence-electron chi connectivity index (χ3n) is 5.72. The zero-order valence-electron chi connectivity index (χ0n) is 17.8. The fourth-order valence-electron chi connectivity index (χ4n) is 4.37. The Morgan fingerprint density at radius 1 is 0.871 bits per heavy atom. The molecule has 1 unspecified atom stereocenters. The van der Waals surface area contributed by atoms with Crippen molar-refractivity contribution >= 4 is 23.5 Å². The molecule has 1 aliphatic carbocycles. The maximum atomic E-state index is 14.0. The molecule has 1 aliphatic heterocycles. The van der Waals surface area contributed by atoms with E-state index >= 15 is 0 Å². The lowest BCUT2D eigenvalue weighted by Crippen LogP contribution is -2.55. The maximum absolute atomic E-state index is 14.0. The molecule has 0 saturated carbocycles. The molecule has 0 saturated heterocycles. The average Bonchev–Trinajstić information content (AvgIpc) is 3.00. The lowest BCUT2D eigenvalue weighted by molar-refractivity contribution is -0.129. The first kappa shape index (κ1) is 20.5. The van der Waals surface area contributed by atoms with Gasteiger partial charge in [0.05, 0.1) is 34.0 Å². The number of methoxy groups -OCH3 is 4. The van der Waals surface area contributed by atoms with Gasteiger partial charge in [0, 0.05) is 24.3 Å². The highest BCUT2D eigenvalue weighted by Gasteiger charge is 2.61. The Labute approximate surface area is 179 Å². The summed E-state index contributed by atoms with van der Waals surface area (Å²) in [5, 5.41) is 0. The fraction of sp³-hybridized carbons (Fsp3) is 0.261. The van der Waals surface area contributed by atoms with Crippen LogP contribution in [0.25, 0.3) is 6.08 Å². The standard InChI is InChI=1S/C23H21NO7/c1-12(25)24-9-8-13-10-17(29-3)18(30-4)11-15(13)23(24)21(26)14-6-7-16(28-2)20(31-5)19(14)22(23)27/h6-11H,1-5H3. The van der Waals surface area contributed by atoms with E-state index in [0.717, 1.165) is 4.90 Å². The van der Waals surface area contributed by atoms with Gasteiger partial charge in [-0.3, -0.25) is 19.3 Å². The third-order valence-corrected chi connectivity index (χ3v) is 5.72. The number of ether oxygens (including phenoxy) is 4. The normalized spacial score (nSPS) is 18.7. The minimum absolute atomic E-state index is 0.0779. The molecule has 0 fully saturated rings. The highest BCUT2D eigenvalue weighted by atomic mass is 16.5. The smallest absolute Gasteiger partial charge is 0.224 e. The summed E-state index contributed by atoms with van der Waals surface area (Å²) in [4.78, 5) is 41.7. The van der Waals surface area contributed by atoms with Crippen LogP contribution in [0.5, 0.6) is 23.0 Å². The molecule has 2 aromatic carbocycles. The second-order valence-electron chi connectivity index (χ2n) is 7.09. The first-order valence-electron chi connectivity index (χ1n) is 9.45. The van der Waals surface area contributed by atoms with E-state index < -0.39 is 23.0 Å². The Morgan fingerprint density at radius 3 is 2.10 bits per heavy atom. The molecule has 2 aliphatic rings. The SMILES string of the molecule is COc1cc2c(cc1OC)C1(C(=O)c3ccc(OC)c(OC)c3C1=O)N(C(C)=O)C=C2. The van der Waals surface area contributed by atoms with Crippen molar-refractivity contribution in [2.24, 2.45) is 0 Å². The minimum Gasteiger partial charge on any atom is -0.493 e. The predicted octanol–water partition coefficient (Wildman–Crippen LogP) is 2.83. The van der Waals surface area contributed by atoms with Gasteiger partial charge in [0.15, 0.2) is 28.5 Å².